The number of aromatic nitrogens is 2. The molecule has 1 aromatic carbocycles. The first kappa shape index (κ1) is 27.4. The Bertz CT molecular complexity index is 1380. The molecule has 2 amide bonds. The molecule has 0 radical (unpaired) electrons. The van der Waals surface area contributed by atoms with E-state index in [-0.39, 0.29) is 30.3 Å². The second-order valence-corrected chi connectivity index (χ2v) is 12.4. The van der Waals surface area contributed by atoms with E-state index in [4.69, 9.17) is 4.74 Å². The highest BCUT2D eigenvalue weighted by atomic mass is 35.5. The molecule has 0 bridgehead atoms. The van der Waals surface area contributed by atoms with Crippen molar-refractivity contribution in [2.45, 2.75) is 61.7 Å². The Kier molecular flexibility index (Phi) is 7.29. The Morgan fingerprint density at radius 3 is 2.54 bits per heavy atom. The summed E-state index contributed by atoms with van der Waals surface area (Å²) in [6, 6.07) is 9.35. The summed E-state index contributed by atoms with van der Waals surface area (Å²) in [5.41, 5.74) is 1.21. The van der Waals surface area contributed by atoms with Gasteiger partial charge >= 0.3 is 0 Å². The average molecular weight is 575 g/mol. The predicted octanol–water partition coefficient (Wildman–Crippen LogP) is 1.20. The number of hydrogen-bond acceptors (Lipinski definition) is 9. The highest BCUT2D eigenvalue weighted by Crippen LogP contribution is 2.45. The van der Waals surface area contributed by atoms with Gasteiger partial charge in [0, 0.05) is 44.2 Å². The molecule has 0 spiro atoms. The third-order valence-electron chi connectivity index (χ3n) is 7.68. The van der Waals surface area contributed by atoms with Crippen molar-refractivity contribution in [2.75, 3.05) is 11.4 Å². The van der Waals surface area contributed by atoms with E-state index in [1.54, 1.807) is 18.3 Å². The standard InChI is InChI=1S/C26H30N6O5S.ClH/c1-2-18-12-26(18,24(34)31-38(35,36)20-7-8-20)30-23(33)21-11-19(13-28-21)37-22-9-10-27-25(29-22)32-14-16-5-3-4-6-17(16)15-32;/h2-6,9-10,18-21,28H,1,7-8,11-15H2,(H,30,33)(H,31,34);1H. The number of halogens is 1. The Balaban J connectivity index is 0.00000308. The third kappa shape index (κ3) is 5.45. The Labute approximate surface area is 233 Å². The Hall–Kier alpha value is -3.22. The molecule has 2 aliphatic carbocycles. The summed E-state index contributed by atoms with van der Waals surface area (Å²) in [5.74, 6) is -0.403. The molecule has 6 rings (SSSR count). The summed E-state index contributed by atoms with van der Waals surface area (Å²) < 4.78 is 32.8. The number of hydrogen-bond donors (Lipinski definition) is 3. The van der Waals surface area contributed by atoms with Gasteiger partial charge in [0.2, 0.25) is 27.8 Å². The maximum absolute atomic E-state index is 13.1. The van der Waals surface area contributed by atoms with Crippen LogP contribution in [-0.4, -0.2) is 59.7 Å². The van der Waals surface area contributed by atoms with Crippen LogP contribution in [0, 0.1) is 5.92 Å². The molecule has 4 atom stereocenters. The summed E-state index contributed by atoms with van der Waals surface area (Å²) in [6.45, 7) is 5.61. The summed E-state index contributed by atoms with van der Waals surface area (Å²) in [6.07, 6.45) is 4.69. The minimum atomic E-state index is -3.72. The lowest BCUT2D eigenvalue weighted by atomic mass is 10.1. The minimum absolute atomic E-state index is 0. The number of ether oxygens (including phenoxy) is 1. The van der Waals surface area contributed by atoms with Gasteiger partial charge in [0.15, 0.2) is 0 Å². The van der Waals surface area contributed by atoms with Crippen molar-refractivity contribution in [3.63, 3.8) is 0 Å². The van der Waals surface area contributed by atoms with Gasteiger partial charge in [-0.1, -0.05) is 30.3 Å². The van der Waals surface area contributed by atoms with Gasteiger partial charge in [0.25, 0.3) is 5.91 Å². The van der Waals surface area contributed by atoms with Crippen LogP contribution in [0.1, 0.15) is 36.8 Å². The van der Waals surface area contributed by atoms with Gasteiger partial charge in [0.1, 0.15) is 11.6 Å². The predicted molar refractivity (Wildman–Crippen MR) is 146 cm³/mol. The molecule has 1 aromatic heterocycles. The lowest BCUT2D eigenvalue weighted by molar-refractivity contribution is -0.130. The van der Waals surface area contributed by atoms with E-state index < -0.39 is 32.8 Å². The van der Waals surface area contributed by atoms with Crippen LogP contribution in [0.5, 0.6) is 5.88 Å². The molecule has 3 heterocycles. The molecule has 4 aliphatic rings. The number of amides is 2. The molecule has 13 heteroatoms. The third-order valence-corrected chi connectivity index (χ3v) is 9.50. The lowest BCUT2D eigenvalue weighted by Crippen LogP contribution is -2.55. The smallest absolute Gasteiger partial charge is 0.259 e. The largest absolute Gasteiger partial charge is 0.473 e. The number of sulfonamides is 1. The van der Waals surface area contributed by atoms with Crippen LogP contribution < -0.4 is 25.0 Å². The van der Waals surface area contributed by atoms with E-state index in [1.165, 1.54) is 11.1 Å². The van der Waals surface area contributed by atoms with Crippen LogP contribution in [0.25, 0.3) is 0 Å². The zero-order valence-corrected chi connectivity index (χ0v) is 22.8. The highest BCUT2D eigenvalue weighted by molar-refractivity contribution is 7.91. The number of rotatable bonds is 9. The monoisotopic (exact) mass is 574 g/mol. The molecule has 2 aliphatic heterocycles. The SMILES string of the molecule is C=CC1CC1(NC(=O)C1CC(Oc2ccnc(N3Cc4ccccc4C3)n2)CN1)C(=O)NS(=O)(=O)C1CC1.Cl. The molecule has 2 saturated carbocycles. The maximum Gasteiger partial charge on any atom is 0.259 e. The van der Waals surface area contributed by atoms with Gasteiger partial charge in [-0.15, -0.1) is 19.0 Å². The lowest BCUT2D eigenvalue weighted by Gasteiger charge is -2.21. The van der Waals surface area contributed by atoms with Gasteiger partial charge in [0.05, 0.1) is 11.3 Å². The van der Waals surface area contributed by atoms with E-state index in [2.05, 4.69) is 48.9 Å². The van der Waals surface area contributed by atoms with Gasteiger partial charge in [-0.05, 0) is 30.4 Å². The molecule has 2 aromatic rings. The first-order valence-electron chi connectivity index (χ1n) is 12.8. The molecule has 1 saturated heterocycles. The van der Waals surface area contributed by atoms with Crippen LogP contribution in [0.2, 0.25) is 0 Å². The van der Waals surface area contributed by atoms with Crippen LogP contribution in [0.3, 0.4) is 0 Å². The van der Waals surface area contributed by atoms with Crippen molar-refractivity contribution in [3.8, 4) is 5.88 Å². The first-order chi connectivity index (χ1) is 18.3. The zero-order valence-electron chi connectivity index (χ0n) is 21.2. The average Bonchev–Trinajstić information content (AvgIpc) is 3.79. The number of carbonyl (C=O) groups excluding carboxylic acids is 2. The normalized spacial score (nSPS) is 27.2. The summed E-state index contributed by atoms with van der Waals surface area (Å²) >= 11 is 0. The van der Waals surface area contributed by atoms with Crippen molar-refractivity contribution in [1.29, 1.82) is 0 Å². The molecule has 208 valence electrons. The minimum Gasteiger partial charge on any atom is -0.473 e. The van der Waals surface area contributed by atoms with Crippen molar-refractivity contribution in [3.05, 3.63) is 60.3 Å². The number of fused-ring (bicyclic) bond motifs is 1. The van der Waals surface area contributed by atoms with Crippen molar-refractivity contribution >= 4 is 40.2 Å². The van der Waals surface area contributed by atoms with Gasteiger partial charge in [-0.3, -0.25) is 14.3 Å². The fourth-order valence-corrected chi connectivity index (χ4v) is 6.58. The van der Waals surface area contributed by atoms with E-state index in [0.717, 1.165) is 13.1 Å². The molecule has 4 unspecified atom stereocenters. The Morgan fingerprint density at radius 2 is 1.90 bits per heavy atom. The van der Waals surface area contributed by atoms with E-state index in [9.17, 15) is 18.0 Å². The number of anilines is 1. The van der Waals surface area contributed by atoms with Gasteiger partial charge in [-0.25, -0.2) is 13.4 Å². The highest BCUT2D eigenvalue weighted by Gasteiger charge is 2.61. The van der Waals surface area contributed by atoms with E-state index >= 15 is 0 Å². The summed E-state index contributed by atoms with van der Waals surface area (Å²) in [5, 5.41) is 5.40. The molecule has 3 fully saturated rings. The first-order valence-corrected chi connectivity index (χ1v) is 14.4. The van der Waals surface area contributed by atoms with Crippen LogP contribution in [0.4, 0.5) is 5.95 Å². The van der Waals surface area contributed by atoms with E-state index in [1.807, 2.05) is 12.1 Å². The van der Waals surface area contributed by atoms with Crippen molar-refractivity contribution in [2.24, 2.45) is 5.92 Å². The molecule has 39 heavy (non-hydrogen) atoms. The number of nitrogens with zero attached hydrogens (tertiary/aromatic N) is 3. The molecule has 3 N–H and O–H groups in total. The fraction of sp³-hybridized carbons (Fsp3) is 0.462. The quantitative estimate of drug-likeness (QED) is 0.376. The molecule has 11 nitrogen and oxygen atoms in total. The number of nitrogens with one attached hydrogen (secondary N) is 3. The number of carbonyl (C=O) groups is 2. The van der Waals surface area contributed by atoms with Crippen LogP contribution >= 0.6 is 12.4 Å². The molecular formula is C26H31ClN6O5S. The van der Waals surface area contributed by atoms with Crippen LogP contribution in [0.15, 0.2) is 49.2 Å². The fourth-order valence-electron chi connectivity index (χ4n) is 5.21. The number of benzene rings is 1. The van der Waals surface area contributed by atoms with Crippen molar-refractivity contribution < 1.29 is 22.7 Å². The zero-order chi connectivity index (χ0) is 26.5. The topological polar surface area (TPSA) is 143 Å². The summed E-state index contributed by atoms with van der Waals surface area (Å²) in [7, 11) is -3.72. The second kappa shape index (κ2) is 10.4. The van der Waals surface area contributed by atoms with E-state index in [0.29, 0.717) is 44.1 Å². The van der Waals surface area contributed by atoms with Crippen molar-refractivity contribution in [1.82, 2.24) is 25.3 Å². The van der Waals surface area contributed by atoms with Gasteiger partial charge in [-0.2, -0.15) is 4.98 Å². The second-order valence-electron chi connectivity index (χ2n) is 10.4. The Morgan fingerprint density at radius 1 is 1.18 bits per heavy atom. The maximum atomic E-state index is 13.1. The summed E-state index contributed by atoms with van der Waals surface area (Å²) in [4.78, 5) is 37.1. The van der Waals surface area contributed by atoms with Gasteiger partial charge < -0.3 is 20.3 Å². The van der Waals surface area contributed by atoms with Crippen LogP contribution in [-0.2, 0) is 32.7 Å². The molecular weight excluding hydrogens is 544 g/mol.